The number of rotatable bonds is 2. The molecule has 1 aromatic heterocycles. The topological polar surface area (TPSA) is 69.5 Å². The van der Waals surface area contributed by atoms with Gasteiger partial charge in [0.25, 0.3) is 5.91 Å². The molecule has 25 heavy (non-hydrogen) atoms. The molecule has 0 spiro atoms. The van der Waals surface area contributed by atoms with Gasteiger partial charge in [-0.25, -0.2) is 4.98 Å². The van der Waals surface area contributed by atoms with E-state index in [1.54, 1.807) is 0 Å². The normalized spacial score (nSPS) is 20.7. The van der Waals surface area contributed by atoms with Crippen LogP contribution in [0.1, 0.15) is 18.4 Å². The van der Waals surface area contributed by atoms with Crippen molar-refractivity contribution in [3.63, 3.8) is 0 Å². The average Bonchev–Trinajstić information content (AvgIpc) is 3.21. The van der Waals surface area contributed by atoms with E-state index in [9.17, 15) is 10.1 Å². The third-order valence-corrected chi connectivity index (χ3v) is 4.94. The molecule has 6 heteroatoms. The van der Waals surface area contributed by atoms with Crippen molar-refractivity contribution >= 4 is 22.6 Å². The van der Waals surface area contributed by atoms with Gasteiger partial charge < -0.3 is 14.5 Å². The van der Waals surface area contributed by atoms with E-state index in [1.165, 1.54) is 0 Å². The Morgan fingerprint density at radius 2 is 2.04 bits per heavy atom. The van der Waals surface area contributed by atoms with E-state index in [-0.39, 0.29) is 12.0 Å². The minimum atomic E-state index is -0.254. The van der Waals surface area contributed by atoms with Crippen LogP contribution in [0.25, 0.3) is 10.9 Å². The fourth-order valence-electron chi connectivity index (χ4n) is 3.55. The number of hydrogen-bond donors (Lipinski definition) is 0. The molecule has 1 aromatic carbocycles. The van der Waals surface area contributed by atoms with Crippen LogP contribution in [0.2, 0.25) is 0 Å². The minimum Gasteiger partial charge on any atom is -0.368 e. The van der Waals surface area contributed by atoms with Crippen LogP contribution in [0.4, 0.5) is 5.82 Å². The number of carbonyl (C=O) groups is 1. The van der Waals surface area contributed by atoms with Crippen molar-refractivity contribution in [1.29, 1.82) is 5.26 Å². The van der Waals surface area contributed by atoms with Crippen LogP contribution in [-0.4, -0.2) is 54.7 Å². The van der Waals surface area contributed by atoms with Gasteiger partial charge in [0, 0.05) is 38.2 Å². The minimum absolute atomic E-state index is 0.112. The summed E-state index contributed by atoms with van der Waals surface area (Å²) in [7, 11) is 0. The third-order valence-electron chi connectivity index (χ3n) is 4.94. The summed E-state index contributed by atoms with van der Waals surface area (Å²) >= 11 is 0. The number of ether oxygens (including phenoxy) is 1. The van der Waals surface area contributed by atoms with Gasteiger partial charge in [-0.15, -0.1) is 0 Å². The van der Waals surface area contributed by atoms with Gasteiger partial charge in [-0.3, -0.25) is 4.79 Å². The predicted molar refractivity (Wildman–Crippen MR) is 94.2 cm³/mol. The average molecular weight is 336 g/mol. The molecule has 0 radical (unpaired) electrons. The molecule has 128 valence electrons. The van der Waals surface area contributed by atoms with E-state index in [2.05, 4.69) is 11.0 Å². The summed E-state index contributed by atoms with van der Waals surface area (Å²) in [6.07, 6.45) is 1.54. The molecule has 1 amide bonds. The SMILES string of the molecule is N#Cc1cc(N2CCN(C(=O)[C@@H]3CCCO3)CC2)nc2ccccc12. The van der Waals surface area contributed by atoms with E-state index < -0.39 is 0 Å². The molecule has 3 heterocycles. The number of aromatic nitrogens is 1. The maximum absolute atomic E-state index is 12.4. The number of carbonyl (C=O) groups excluding carboxylic acids is 1. The van der Waals surface area contributed by atoms with Gasteiger partial charge in [-0.05, 0) is 25.0 Å². The number of piperazine rings is 1. The maximum Gasteiger partial charge on any atom is 0.251 e. The van der Waals surface area contributed by atoms with E-state index >= 15 is 0 Å². The molecule has 0 unspecified atom stereocenters. The first-order valence-corrected chi connectivity index (χ1v) is 8.71. The Morgan fingerprint density at radius 1 is 1.24 bits per heavy atom. The van der Waals surface area contributed by atoms with Gasteiger partial charge >= 0.3 is 0 Å². The number of para-hydroxylation sites is 1. The van der Waals surface area contributed by atoms with Gasteiger partial charge in [0.2, 0.25) is 0 Å². The Morgan fingerprint density at radius 3 is 2.76 bits per heavy atom. The van der Waals surface area contributed by atoms with Crippen LogP contribution in [-0.2, 0) is 9.53 Å². The Balaban J connectivity index is 1.50. The fourth-order valence-corrected chi connectivity index (χ4v) is 3.55. The first-order chi connectivity index (χ1) is 12.3. The van der Waals surface area contributed by atoms with Crippen molar-refractivity contribution in [3.8, 4) is 6.07 Å². The molecule has 6 nitrogen and oxygen atoms in total. The highest BCUT2D eigenvalue weighted by Crippen LogP contribution is 2.24. The Kier molecular flexibility index (Phi) is 4.24. The number of anilines is 1. The summed E-state index contributed by atoms with van der Waals surface area (Å²) in [5.41, 5.74) is 1.47. The van der Waals surface area contributed by atoms with Crippen molar-refractivity contribution in [2.45, 2.75) is 18.9 Å². The molecule has 0 bridgehead atoms. The molecule has 2 aromatic rings. The lowest BCUT2D eigenvalue weighted by Crippen LogP contribution is -2.51. The van der Waals surface area contributed by atoms with Gasteiger partial charge in [-0.1, -0.05) is 18.2 Å². The molecular weight excluding hydrogens is 316 g/mol. The third kappa shape index (κ3) is 3.03. The van der Waals surface area contributed by atoms with Crippen molar-refractivity contribution in [3.05, 3.63) is 35.9 Å². The van der Waals surface area contributed by atoms with E-state index in [1.807, 2.05) is 35.2 Å². The molecular formula is C19H20N4O2. The number of nitriles is 1. The number of pyridine rings is 1. The molecule has 2 saturated heterocycles. The molecule has 2 aliphatic rings. The van der Waals surface area contributed by atoms with E-state index in [0.29, 0.717) is 38.3 Å². The van der Waals surface area contributed by atoms with Crippen LogP contribution in [0.3, 0.4) is 0 Å². The lowest BCUT2D eigenvalue weighted by atomic mass is 10.1. The van der Waals surface area contributed by atoms with Crippen LogP contribution >= 0.6 is 0 Å². The molecule has 0 saturated carbocycles. The number of fused-ring (bicyclic) bond motifs is 1. The molecule has 4 rings (SSSR count). The van der Waals surface area contributed by atoms with Gasteiger partial charge in [0.15, 0.2) is 0 Å². The quantitative estimate of drug-likeness (QED) is 0.838. The van der Waals surface area contributed by atoms with Crippen LogP contribution in [0.5, 0.6) is 0 Å². The standard InChI is InChI=1S/C19H20N4O2/c20-13-14-12-18(21-16-5-2-1-4-15(14)16)22-7-9-23(10-8-22)19(24)17-6-3-11-25-17/h1-2,4-5,12,17H,3,6-11H2/t17-/m0/s1. The van der Waals surface area contributed by atoms with E-state index in [0.717, 1.165) is 29.6 Å². The summed E-state index contributed by atoms with van der Waals surface area (Å²) in [4.78, 5) is 21.2. The first kappa shape index (κ1) is 15.9. The lowest BCUT2D eigenvalue weighted by molar-refractivity contribution is -0.141. The zero-order valence-electron chi connectivity index (χ0n) is 14.0. The second kappa shape index (κ2) is 6.69. The Bertz CT molecular complexity index is 831. The zero-order valence-corrected chi connectivity index (χ0v) is 14.0. The molecule has 1 atom stereocenters. The maximum atomic E-state index is 12.4. The van der Waals surface area contributed by atoms with Crippen molar-refractivity contribution in [2.75, 3.05) is 37.7 Å². The number of nitrogens with zero attached hydrogens (tertiary/aromatic N) is 4. The lowest BCUT2D eigenvalue weighted by Gasteiger charge is -2.36. The highest BCUT2D eigenvalue weighted by atomic mass is 16.5. The smallest absolute Gasteiger partial charge is 0.251 e. The van der Waals surface area contributed by atoms with Crippen LogP contribution in [0, 0.1) is 11.3 Å². The van der Waals surface area contributed by atoms with Crippen molar-refractivity contribution < 1.29 is 9.53 Å². The largest absolute Gasteiger partial charge is 0.368 e. The Labute approximate surface area is 146 Å². The summed E-state index contributed by atoms with van der Waals surface area (Å²) in [6.45, 7) is 3.45. The van der Waals surface area contributed by atoms with Gasteiger partial charge in [-0.2, -0.15) is 5.26 Å². The van der Waals surface area contributed by atoms with Gasteiger partial charge in [0.05, 0.1) is 17.1 Å². The molecule has 2 aliphatic heterocycles. The number of amides is 1. The highest BCUT2D eigenvalue weighted by Gasteiger charge is 2.30. The second-order valence-electron chi connectivity index (χ2n) is 6.47. The molecule has 0 N–H and O–H groups in total. The predicted octanol–water partition coefficient (Wildman–Crippen LogP) is 1.93. The molecule has 0 aliphatic carbocycles. The second-order valence-corrected chi connectivity index (χ2v) is 6.47. The van der Waals surface area contributed by atoms with Crippen LogP contribution in [0.15, 0.2) is 30.3 Å². The monoisotopic (exact) mass is 336 g/mol. The summed E-state index contributed by atoms with van der Waals surface area (Å²) in [6, 6.07) is 11.8. The highest BCUT2D eigenvalue weighted by molar-refractivity contribution is 5.86. The van der Waals surface area contributed by atoms with Crippen molar-refractivity contribution in [2.24, 2.45) is 0 Å². The summed E-state index contributed by atoms with van der Waals surface area (Å²) in [5, 5.41) is 10.3. The zero-order chi connectivity index (χ0) is 17.2. The fraction of sp³-hybridized carbons (Fsp3) is 0.421. The van der Waals surface area contributed by atoms with E-state index in [4.69, 9.17) is 9.72 Å². The van der Waals surface area contributed by atoms with Crippen molar-refractivity contribution in [1.82, 2.24) is 9.88 Å². The molecule has 2 fully saturated rings. The number of benzene rings is 1. The summed E-state index contributed by atoms with van der Waals surface area (Å²) in [5.74, 6) is 0.917. The van der Waals surface area contributed by atoms with Crippen LogP contribution < -0.4 is 4.90 Å². The van der Waals surface area contributed by atoms with Gasteiger partial charge in [0.1, 0.15) is 11.9 Å². The Hall–Kier alpha value is -2.65. The summed E-state index contributed by atoms with van der Waals surface area (Å²) < 4.78 is 5.50. The first-order valence-electron chi connectivity index (χ1n) is 8.71. The number of hydrogen-bond acceptors (Lipinski definition) is 5.